The van der Waals surface area contributed by atoms with Gasteiger partial charge in [0.2, 0.25) is 0 Å². The van der Waals surface area contributed by atoms with Gasteiger partial charge in [0.25, 0.3) is 0 Å². The fraction of sp³-hybridized carbons (Fsp3) is 0.160. The zero-order valence-corrected chi connectivity index (χ0v) is 18.1. The van der Waals surface area contributed by atoms with Crippen molar-refractivity contribution in [1.29, 1.82) is 0 Å². The number of hydrogen-bond donors (Lipinski definition) is 2. The van der Waals surface area contributed by atoms with Crippen molar-refractivity contribution in [2.24, 2.45) is 0 Å². The number of para-hydroxylation sites is 1. The van der Waals surface area contributed by atoms with Gasteiger partial charge in [0, 0.05) is 35.9 Å². The molecular formula is C25H24FN3OS. The first-order valence-corrected chi connectivity index (χ1v) is 10.5. The minimum absolute atomic E-state index is 0.272. The Labute approximate surface area is 186 Å². The summed E-state index contributed by atoms with van der Waals surface area (Å²) in [5, 5.41) is 5.06. The Hall–Kier alpha value is -3.38. The molecule has 0 spiro atoms. The molecule has 158 valence electrons. The van der Waals surface area contributed by atoms with E-state index in [1.807, 2.05) is 30.3 Å². The lowest BCUT2D eigenvalue weighted by Crippen LogP contribution is -2.35. The van der Waals surface area contributed by atoms with Gasteiger partial charge in [0.1, 0.15) is 11.6 Å². The second kappa shape index (κ2) is 9.62. The second-order valence-corrected chi connectivity index (χ2v) is 7.70. The Morgan fingerprint density at radius 3 is 2.52 bits per heavy atom. The van der Waals surface area contributed by atoms with Crippen molar-refractivity contribution in [3.63, 3.8) is 0 Å². The van der Waals surface area contributed by atoms with Gasteiger partial charge in [0.15, 0.2) is 5.11 Å². The van der Waals surface area contributed by atoms with Gasteiger partial charge in [-0.15, -0.1) is 0 Å². The molecule has 0 aliphatic carbocycles. The van der Waals surface area contributed by atoms with Gasteiger partial charge < -0.3 is 19.9 Å². The topological polar surface area (TPSA) is 40.3 Å². The molecule has 4 aromatic rings. The number of H-pyrrole nitrogens is 1. The molecule has 0 unspecified atom stereocenters. The van der Waals surface area contributed by atoms with E-state index in [-0.39, 0.29) is 5.82 Å². The number of benzene rings is 3. The fourth-order valence-electron chi connectivity index (χ4n) is 3.53. The van der Waals surface area contributed by atoms with Crippen LogP contribution in [0.2, 0.25) is 0 Å². The van der Waals surface area contributed by atoms with E-state index in [0.29, 0.717) is 11.7 Å². The monoisotopic (exact) mass is 433 g/mol. The lowest BCUT2D eigenvalue weighted by Gasteiger charge is -2.26. The van der Waals surface area contributed by atoms with Crippen molar-refractivity contribution >= 4 is 33.9 Å². The van der Waals surface area contributed by atoms with E-state index in [1.54, 1.807) is 19.2 Å². The molecule has 0 amide bonds. The molecule has 0 atom stereocenters. The van der Waals surface area contributed by atoms with Crippen LogP contribution >= 0.6 is 12.2 Å². The van der Waals surface area contributed by atoms with Crippen LogP contribution in [-0.2, 0) is 13.0 Å². The average molecular weight is 434 g/mol. The van der Waals surface area contributed by atoms with E-state index >= 15 is 0 Å². The largest absolute Gasteiger partial charge is 0.497 e. The molecule has 0 radical (unpaired) electrons. The van der Waals surface area contributed by atoms with Gasteiger partial charge in [-0.25, -0.2) is 4.39 Å². The van der Waals surface area contributed by atoms with Crippen molar-refractivity contribution in [2.45, 2.75) is 13.0 Å². The summed E-state index contributed by atoms with van der Waals surface area (Å²) in [4.78, 5) is 5.46. The summed E-state index contributed by atoms with van der Waals surface area (Å²) in [6.45, 7) is 1.39. The first-order valence-electron chi connectivity index (χ1n) is 10.1. The van der Waals surface area contributed by atoms with Crippen LogP contribution in [0.5, 0.6) is 5.75 Å². The number of aromatic nitrogens is 1. The van der Waals surface area contributed by atoms with Crippen LogP contribution < -0.4 is 10.1 Å². The summed E-state index contributed by atoms with van der Waals surface area (Å²) in [5.74, 6) is 0.548. The van der Waals surface area contributed by atoms with Crippen molar-refractivity contribution in [3.05, 3.63) is 95.9 Å². The van der Waals surface area contributed by atoms with Crippen molar-refractivity contribution < 1.29 is 9.13 Å². The molecule has 0 saturated carbocycles. The molecule has 0 saturated heterocycles. The highest BCUT2D eigenvalue weighted by Crippen LogP contribution is 2.20. The number of fused-ring (bicyclic) bond motifs is 1. The summed E-state index contributed by atoms with van der Waals surface area (Å²) in [5.41, 5.74) is 4.27. The molecule has 0 aliphatic rings. The van der Waals surface area contributed by atoms with E-state index < -0.39 is 0 Å². The van der Waals surface area contributed by atoms with Crippen LogP contribution in [0.25, 0.3) is 10.9 Å². The zero-order valence-electron chi connectivity index (χ0n) is 17.3. The third-order valence-electron chi connectivity index (χ3n) is 5.24. The van der Waals surface area contributed by atoms with Crippen LogP contribution in [0.15, 0.2) is 79.0 Å². The Bertz CT molecular complexity index is 1160. The summed E-state index contributed by atoms with van der Waals surface area (Å²) in [6, 6.07) is 22.5. The number of aromatic amines is 1. The third-order valence-corrected chi connectivity index (χ3v) is 5.60. The van der Waals surface area contributed by atoms with Crippen LogP contribution in [0, 0.1) is 5.82 Å². The third kappa shape index (κ3) is 5.22. The standard InChI is InChI=1S/C25H24FN3OS/c1-30-22-12-6-18(7-13-22)17-29(25(31)28-21-10-8-20(26)9-11-21)15-14-19-16-27-24-5-3-2-4-23(19)24/h2-13,16,27H,14-15,17H2,1H3,(H,28,31). The number of nitrogens with one attached hydrogen (secondary N) is 2. The highest BCUT2D eigenvalue weighted by Gasteiger charge is 2.13. The van der Waals surface area contributed by atoms with Crippen LogP contribution in [0.1, 0.15) is 11.1 Å². The fourth-order valence-corrected chi connectivity index (χ4v) is 3.81. The van der Waals surface area contributed by atoms with E-state index in [4.69, 9.17) is 17.0 Å². The number of halogens is 1. The number of methoxy groups -OCH3 is 1. The summed E-state index contributed by atoms with van der Waals surface area (Å²) in [6.07, 6.45) is 2.90. The first-order chi connectivity index (χ1) is 15.1. The number of nitrogens with zero attached hydrogens (tertiary/aromatic N) is 1. The lowest BCUT2D eigenvalue weighted by atomic mass is 10.1. The summed E-state index contributed by atoms with van der Waals surface area (Å²) < 4.78 is 18.5. The molecule has 0 bridgehead atoms. The average Bonchev–Trinajstić information content (AvgIpc) is 3.21. The van der Waals surface area contributed by atoms with E-state index in [1.165, 1.54) is 23.1 Å². The number of thiocarbonyl (C=S) groups is 1. The Kier molecular flexibility index (Phi) is 6.48. The van der Waals surface area contributed by atoms with Gasteiger partial charge >= 0.3 is 0 Å². The molecule has 3 aromatic carbocycles. The van der Waals surface area contributed by atoms with E-state index in [0.717, 1.165) is 35.5 Å². The summed E-state index contributed by atoms with van der Waals surface area (Å²) >= 11 is 5.72. The Morgan fingerprint density at radius 2 is 1.77 bits per heavy atom. The number of hydrogen-bond acceptors (Lipinski definition) is 2. The Balaban J connectivity index is 1.51. The van der Waals surface area contributed by atoms with Gasteiger partial charge in [-0.1, -0.05) is 30.3 Å². The molecule has 1 heterocycles. The molecular weight excluding hydrogens is 409 g/mol. The van der Waals surface area contributed by atoms with Gasteiger partial charge in [-0.2, -0.15) is 0 Å². The predicted molar refractivity (Wildman–Crippen MR) is 128 cm³/mol. The number of ether oxygens (including phenoxy) is 1. The number of anilines is 1. The molecule has 6 heteroatoms. The van der Waals surface area contributed by atoms with Gasteiger partial charge in [-0.05, 0) is 72.2 Å². The highest BCUT2D eigenvalue weighted by molar-refractivity contribution is 7.80. The molecule has 31 heavy (non-hydrogen) atoms. The maximum Gasteiger partial charge on any atom is 0.173 e. The minimum Gasteiger partial charge on any atom is -0.497 e. The van der Waals surface area contributed by atoms with E-state index in [9.17, 15) is 4.39 Å². The van der Waals surface area contributed by atoms with Crippen molar-refractivity contribution in [1.82, 2.24) is 9.88 Å². The minimum atomic E-state index is -0.272. The molecule has 2 N–H and O–H groups in total. The molecule has 4 nitrogen and oxygen atoms in total. The van der Waals surface area contributed by atoms with Gasteiger partial charge in [0.05, 0.1) is 7.11 Å². The van der Waals surface area contributed by atoms with Crippen molar-refractivity contribution in [3.8, 4) is 5.75 Å². The molecule has 0 fully saturated rings. The maximum atomic E-state index is 13.3. The van der Waals surface area contributed by atoms with E-state index in [2.05, 4.69) is 39.6 Å². The first kappa shape index (κ1) is 20.9. The number of rotatable bonds is 7. The smallest absolute Gasteiger partial charge is 0.173 e. The van der Waals surface area contributed by atoms with Gasteiger partial charge in [-0.3, -0.25) is 0 Å². The lowest BCUT2D eigenvalue weighted by molar-refractivity contribution is 0.411. The summed E-state index contributed by atoms with van der Waals surface area (Å²) in [7, 11) is 1.66. The normalized spacial score (nSPS) is 10.8. The highest BCUT2D eigenvalue weighted by atomic mass is 32.1. The molecule has 0 aliphatic heterocycles. The quantitative estimate of drug-likeness (QED) is 0.364. The molecule has 1 aromatic heterocycles. The maximum absolute atomic E-state index is 13.3. The second-order valence-electron chi connectivity index (χ2n) is 7.32. The SMILES string of the molecule is COc1ccc(CN(CCc2c[nH]c3ccccc23)C(=S)Nc2ccc(F)cc2)cc1. The van der Waals surface area contributed by atoms with Crippen LogP contribution in [-0.4, -0.2) is 28.7 Å². The Morgan fingerprint density at radius 1 is 1.03 bits per heavy atom. The van der Waals surface area contributed by atoms with Crippen molar-refractivity contribution in [2.75, 3.05) is 19.0 Å². The van der Waals surface area contributed by atoms with Crippen LogP contribution in [0.4, 0.5) is 10.1 Å². The zero-order chi connectivity index (χ0) is 21.6. The predicted octanol–water partition coefficient (Wildman–Crippen LogP) is 5.76. The molecule has 4 rings (SSSR count). The van der Waals surface area contributed by atoms with Crippen LogP contribution in [0.3, 0.4) is 0 Å².